The number of tetrazole rings is 1. The fourth-order valence-corrected chi connectivity index (χ4v) is 3.17. The van der Waals surface area contributed by atoms with Crippen LogP contribution in [0.25, 0.3) is 11.4 Å². The number of aromatic nitrogens is 4. The summed E-state index contributed by atoms with van der Waals surface area (Å²) in [6, 6.07) is 7.88. The Morgan fingerprint density at radius 2 is 1.89 bits per heavy atom. The van der Waals surface area contributed by atoms with Crippen molar-refractivity contribution in [3.63, 3.8) is 0 Å². The van der Waals surface area contributed by atoms with Crippen LogP contribution in [0.2, 0.25) is 0 Å². The smallest absolute Gasteiger partial charge is 0.331 e. The van der Waals surface area contributed by atoms with Crippen molar-refractivity contribution in [3.8, 4) is 11.4 Å². The molecule has 0 saturated heterocycles. The molecule has 27 heavy (non-hydrogen) atoms. The third-order valence-electron chi connectivity index (χ3n) is 4.48. The third kappa shape index (κ3) is 4.53. The lowest BCUT2D eigenvalue weighted by Crippen LogP contribution is -2.49. The molecule has 0 radical (unpaired) electrons. The number of rotatable bonds is 6. The lowest BCUT2D eigenvalue weighted by atomic mass is 9.76. The van der Waals surface area contributed by atoms with Crippen molar-refractivity contribution < 1.29 is 9.53 Å². The van der Waals surface area contributed by atoms with E-state index < -0.39 is 11.5 Å². The summed E-state index contributed by atoms with van der Waals surface area (Å²) in [5.41, 5.74) is 6.84. The zero-order chi connectivity index (χ0) is 19.8. The second-order valence-electron chi connectivity index (χ2n) is 8.90. The maximum absolute atomic E-state index is 12.8. The summed E-state index contributed by atoms with van der Waals surface area (Å²) in [5.74, 6) is 0.176. The van der Waals surface area contributed by atoms with Crippen LogP contribution in [-0.2, 0) is 15.1 Å². The summed E-state index contributed by atoms with van der Waals surface area (Å²) in [4.78, 5) is 14.5. The molecule has 1 fully saturated rings. The van der Waals surface area contributed by atoms with Gasteiger partial charge in [0.2, 0.25) is 5.82 Å². The molecule has 1 aliphatic carbocycles. The Morgan fingerprint density at radius 1 is 1.26 bits per heavy atom. The first-order chi connectivity index (χ1) is 12.6. The minimum Gasteiger partial charge on any atom is -0.461 e. The van der Waals surface area contributed by atoms with Crippen LogP contribution >= 0.6 is 0 Å². The highest BCUT2D eigenvalue weighted by atomic mass is 16.5. The maximum Gasteiger partial charge on any atom is 0.331 e. The first-order valence-electron chi connectivity index (χ1n) is 9.49. The highest BCUT2D eigenvalue weighted by Gasteiger charge is 2.41. The monoisotopic (exact) mass is 371 g/mol. The summed E-state index contributed by atoms with van der Waals surface area (Å²) in [6.07, 6.45) is 2.46. The molecular weight excluding hydrogens is 342 g/mol. The van der Waals surface area contributed by atoms with Gasteiger partial charge < -0.3 is 10.5 Å². The highest BCUT2D eigenvalue weighted by Crippen LogP contribution is 2.36. The van der Waals surface area contributed by atoms with E-state index in [4.69, 9.17) is 10.5 Å². The van der Waals surface area contributed by atoms with E-state index in [9.17, 15) is 4.79 Å². The first-order valence-corrected chi connectivity index (χ1v) is 9.49. The predicted molar refractivity (Wildman–Crippen MR) is 103 cm³/mol. The number of nitrogens with zero attached hydrogens (tertiary/aromatic N) is 4. The quantitative estimate of drug-likeness (QED) is 0.783. The summed E-state index contributed by atoms with van der Waals surface area (Å²) >= 11 is 0. The van der Waals surface area contributed by atoms with Crippen molar-refractivity contribution in [1.29, 1.82) is 0 Å². The number of carbonyl (C=O) groups is 1. The van der Waals surface area contributed by atoms with Crippen molar-refractivity contribution in [2.24, 2.45) is 11.1 Å². The van der Waals surface area contributed by atoms with Gasteiger partial charge in [-0.05, 0) is 49.3 Å². The van der Waals surface area contributed by atoms with Gasteiger partial charge in [0.05, 0.1) is 12.1 Å². The molecule has 0 unspecified atom stereocenters. The van der Waals surface area contributed by atoms with E-state index in [1.54, 1.807) is 4.80 Å². The van der Waals surface area contributed by atoms with E-state index in [1.807, 2.05) is 38.1 Å². The van der Waals surface area contributed by atoms with E-state index in [1.165, 1.54) is 0 Å². The normalized spacial score (nSPS) is 17.0. The van der Waals surface area contributed by atoms with Gasteiger partial charge in [0.15, 0.2) is 0 Å². The van der Waals surface area contributed by atoms with Gasteiger partial charge in [0.25, 0.3) is 0 Å². The molecule has 1 atom stereocenters. The van der Waals surface area contributed by atoms with Gasteiger partial charge in [-0.3, -0.25) is 0 Å². The minimum atomic E-state index is -1.21. The van der Waals surface area contributed by atoms with E-state index in [2.05, 4.69) is 36.2 Å². The van der Waals surface area contributed by atoms with Crippen LogP contribution in [0.5, 0.6) is 0 Å². The largest absolute Gasteiger partial charge is 0.461 e. The number of carbonyl (C=O) groups excluding carboxylic acids is 1. The predicted octanol–water partition coefficient (Wildman–Crippen LogP) is 3.22. The van der Waals surface area contributed by atoms with Crippen molar-refractivity contribution in [1.82, 2.24) is 20.2 Å². The van der Waals surface area contributed by atoms with Crippen LogP contribution < -0.4 is 5.73 Å². The van der Waals surface area contributed by atoms with E-state index in [-0.39, 0.29) is 11.5 Å². The Morgan fingerprint density at radius 3 is 2.41 bits per heavy atom. The minimum absolute atomic E-state index is 0.141. The number of ether oxygens (including phenoxy) is 1. The molecule has 146 valence electrons. The highest BCUT2D eigenvalue weighted by molar-refractivity contribution is 5.83. The van der Waals surface area contributed by atoms with Crippen molar-refractivity contribution in [3.05, 3.63) is 29.8 Å². The van der Waals surface area contributed by atoms with E-state index in [0.29, 0.717) is 18.3 Å². The zero-order valence-electron chi connectivity index (χ0n) is 16.8. The van der Waals surface area contributed by atoms with Gasteiger partial charge in [-0.2, -0.15) is 4.80 Å². The Labute approximate surface area is 160 Å². The third-order valence-corrected chi connectivity index (χ3v) is 4.48. The fourth-order valence-electron chi connectivity index (χ4n) is 3.17. The van der Waals surface area contributed by atoms with Gasteiger partial charge >= 0.3 is 5.97 Å². The second-order valence-corrected chi connectivity index (χ2v) is 8.90. The number of nitrogens with two attached hydrogens (primary N) is 1. The van der Waals surface area contributed by atoms with Crippen molar-refractivity contribution in [2.45, 2.75) is 71.6 Å². The summed E-state index contributed by atoms with van der Waals surface area (Å²) in [7, 11) is 0. The van der Waals surface area contributed by atoms with Crippen LogP contribution in [0.1, 0.15) is 65.5 Å². The van der Waals surface area contributed by atoms with Crippen molar-refractivity contribution in [2.75, 3.05) is 0 Å². The van der Waals surface area contributed by atoms with E-state index >= 15 is 0 Å². The van der Waals surface area contributed by atoms with Crippen LogP contribution in [0.15, 0.2) is 24.3 Å². The number of esters is 1. The van der Waals surface area contributed by atoms with Gasteiger partial charge in [-0.25, -0.2) is 4.79 Å². The molecule has 0 amide bonds. The molecule has 0 aliphatic heterocycles. The van der Waals surface area contributed by atoms with Gasteiger partial charge in [0.1, 0.15) is 5.54 Å². The van der Waals surface area contributed by atoms with Gasteiger partial charge in [0, 0.05) is 5.56 Å². The molecule has 1 aromatic carbocycles. The van der Waals surface area contributed by atoms with Crippen LogP contribution in [0.4, 0.5) is 0 Å². The number of benzene rings is 1. The Kier molecular flexibility index (Phi) is 5.08. The molecule has 0 bridgehead atoms. The molecule has 7 nitrogen and oxygen atoms in total. The summed E-state index contributed by atoms with van der Waals surface area (Å²) < 4.78 is 5.47. The molecule has 2 N–H and O–H groups in total. The second kappa shape index (κ2) is 7.03. The van der Waals surface area contributed by atoms with Gasteiger partial charge in [-0.1, -0.05) is 45.0 Å². The van der Waals surface area contributed by atoms with Crippen molar-refractivity contribution >= 4 is 5.97 Å². The fraction of sp³-hybridized carbons (Fsp3) is 0.600. The molecule has 0 spiro atoms. The van der Waals surface area contributed by atoms with Crippen LogP contribution in [0.3, 0.4) is 0 Å². The lowest BCUT2D eigenvalue weighted by Gasteiger charge is -2.34. The molecule has 1 heterocycles. The SMILES string of the molecule is CC(C)OC(=O)[C@@](N)(CC(C)(C)C)c1ccc(-c2nnn(C3CC3)n2)cc1. The Hall–Kier alpha value is -2.28. The first kappa shape index (κ1) is 19.5. The molecule has 3 rings (SSSR count). The average molecular weight is 371 g/mol. The van der Waals surface area contributed by atoms with Crippen LogP contribution in [0, 0.1) is 5.41 Å². The molecule has 7 heteroatoms. The number of hydrogen-bond donors (Lipinski definition) is 1. The number of hydrogen-bond acceptors (Lipinski definition) is 6. The molecule has 2 aromatic rings. The molecule has 1 saturated carbocycles. The summed E-state index contributed by atoms with van der Waals surface area (Å²) in [6.45, 7) is 9.84. The maximum atomic E-state index is 12.8. The summed E-state index contributed by atoms with van der Waals surface area (Å²) in [5, 5.41) is 12.7. The molecule has 1 aromatic heterocycles. The lowest BCUT2D eigenvalue weighted by molar-refractivity contribution is -0.156. The zero-order valence-corrected chi connectivity index (χ0v) is 16.8. The van der Waals surface area contributed by atoms with Crippen LogP contribution in [-0.4, -0.2) is 32.3 Å². The molecular formula is C20H29N5O2. The molecule has 1 aliphatic rings. The van der Waals surface area contributed by atoms with E-state index in [0.717, 1.165) is 24.0 Å². The standard InChI is InChI=1S/C20H29N5O2/c1-13(2)27-18(26)20(21,12-19(3,4)5)15-8-6-14(7-9-15)17-22-24-25(23-17)16-10-11-16/h6-9,13,16H,10-12,21H2,1-5H3/t20-/m1/s1. The Bertz CT molecular complexity index is 803. The topological polar surface area (TPSA) is 95.9 Å². The van der Waals surface area contributed by atoms with Gasteiger partial charge in [-0.15, -0.1) is 10.2 Å². The Balaban J connectivity index is 1.88. The average Bonchev–Trinajstić information content (AvgIpc) is 3.30.